The Morgan fingerprint density at radius 3 is 2.93 bits per heavy atom. The molecule has 80 valence electrons. The summed E-state index contributed by atoms with van der Waals surface area (Å²) in [4.78, 5) is 1.40. The molecule has 0 amide bonds. The number of nitrogens with one attached hydrogen (secondary N) is 1. The van der Waals surface area contributed by atoms with Gasteiger partial charge in [0.05, 0.1) is 0 Å². The minimum atomic E-state index is 0.540. The van der Waals surface area contributed by atoms with Gasteiger partial charge in [0, 0.05) is 15.6 Å². The standard InChI is InChI=1S/C13H17NS/c1-9(14-3)7-11-5-4-6-12-8-10(2)15-13(11)12/h4-6,8-9,14H,7H2,1-3H3. The van der Waals surface area contributed by atoms with E-state index in [9.17, 15) is 0 Å². The molecule has 0 saturated heterocycles. The summed E-state index contributed by atoms with van der Waals surface area (Å²) in [5.74, 6) is 0. The van der Waals surface area contributed by atoms with Gasteiger partial charge < -0.3 is 5.32 Å². The van der Waals surface area contributed by atoms with Crippen LogP contribution >= 0.6 is 11.3 Å². The van der Waals surface area contributed by atoms with Gasteiger partial charge in [-0.05, 0) is 44.3 Å². The van der Waals surface area contributed by atoms with E-state index in [1.54, 1.807) is 0 Å². The van der Waals surface area contributed by atoms with E-state index in [0.717, 1.165) is 6.42 Å². The molecule has 2 heteroatoms. The smallest absolute Gasteiger partial charge is 0.0378 e. The highest BCUT2D eigenvalue weighted by molar-refractivity contribution is 7.19. The van der Waals surface area contributed by atoms with Gasteiger partial charge in [-0.2, -0.15) is 0 Å². The Morgan fingerprint density at radius 2 is 2.20 bits per heavy atom. The highest BCUT2D eigenvalue weighted by atomic mass is 32.1. The normalized spacial score (nSPS) is 13.3. The second-order valence-electron chi connectivity index (χ2n) is 4.09. The molecular formula is C13H17NS. The Bertz CT molecular complexity index is 459. The summed E-state index contributed by atoms with van der Waals surface area (Å²) in [6.45, 7) is 4.40. The Balaban J connectivity index is 2.41. The average molecular weight is 219 g/mol. The van der Waals surface area contributed by atoms with E-state index in [2.05, 4.69) is 43.4 Å². The number of fused-ring (bicyclic) bond motifs is 1. The van der Waals surface area contributed by atoms with Crippen LogP contribution in [0.25, 0.3) is 10.1 Å². The lowest BCUT2D eigenvalue weighted by atomic mass is 10.1. The molecule has 1 atom stereocenters. The van der Waals surface area contributed by atoms with Crippen LogP contribution in [0, 0.1) is 6.92 Å². The molecule has 0 saturated carbocycles. The van der Waals surface area contributed by atoms with Crippen molar-refractivity contribution in [3.05, 3.63) is 34.7 Å². The zero-order valence-electron chi connectivity index (χ0n) is 9.50. The molecule has 0 aliphatic rings. The van der Waals surface area contributed by atoms with Crippen LogP contribution in [0.3, 0.4) is 0 Å². The van der Waals surface area contributed by atoms with Gasteiger partial charge in [0.25, 0.3) is 0 Å². The molecule has 1 aromatic carbocycles. The molecule has 0 spiro atoms. The summed E-state index contributed by atoms with van der Waals surface area (Å²) in [7, 11) is 2.02. The van der Waals surface area contributed by atoms with E-state index in [-0.39, 0.29) is 0 Å². The first-order valence-corrected chi connectivity index (χ1v) is 6.17. The van der Waals surface area contributed by atoms with Crippen molar-refractivity contribution < 1.29 is 0 Å². The van der Waals surface area contributed by atoms with Crippen LogP contribution in [-0.4, -0.2) is 13.1 Å². The molecule has 0 aliphatic heterocycles. The second kappa shape index (κ2) is 4.33. The van der Waals surface area contributed by atoms with Crippen molar-refractivity contribution in [1.82, 2.24) is 5.32 Å². The first-order valence-electron chi connectivity index (χ1n) is 5.36. The quantitative estimate of drug-likeness (QED) is 0.834. The molecule has 1 unspecified atom stereocenters. The fraction of sp³-hybridized carbons (Fsp3) is 0.385. The predicted molar refractivity (Wildman–Crippen MR) is 68.8 cm³/mol. The lowest BCUT2D eigenvalue weighted by Gasteiger charge is -2.10. The summed E-state index contributed by atoms with van der Waals surface area (Å²) >= 11 is 1.90. The third-order valence-electron chi connectivity index (χ3n) is 2.77. The molecule has 1 N–H and O–H groups in total. The minimum absolute atomic E-state index is 0.540. The fourth-order valence-electron chi connectivity index (χ4n) is 1.84. The molecule has 1 nitrogen and oxygen atoms in total. The van der Waals surface area contributed by atoms with Crippen molar-refractivity contribution in [2.24, 2.45) is 0 Å². The van der Waals surface area contributed by atoms with Crippen molar-refractivity contribution in [2.45, 2.75) is 26.3 Å². The first-order chi connectivity index (χ1) is 7.20. The van der Waals surface area contributed by atoms with Gasteiger partial charge in [0.15, 0.2) is 0 Å². The Labute approximate surface area is 95.1 Å². The van der Waals surface area contributed by atoms with E-state index in [1.807, 2.05) is 18.4 Å². The number of rotatable bonds is 3. The maximum atomic E-state index is 3.29. The summed E-state index contributed by atoms with van der Waals surface area (Å²) in [5.41, 5.74) is 1.47. The van der Waals surface area contributed by atoms with Gasteiger partial charge in [-0.3, -0.25) is 0 Å². The molecule has 0 bridgehead atoms. The zero-order valence-corrected chi connectivity index (χ0v) is 10.3. The van der Waals surface area contributed by atoms with Crippen molar-refractivity contribution >= 4 is 21.4 Å². The molecule has 2 rings (SSSR count). The van der Waals surface area contributed by atoms with E-state index in [4.69, 9.17) is 0 Å². The molecule has 1 aromatic heterocycles. The molecule has 15 heavy (non-hydrogen) atoms. The lowest BCUT2D eigenvalue weighted by Crippen LogP contribution is -2.23. The van der Waals surface area contributed by atoms with Crippen LogP contribution in [0.15, 0.2) is 24.3 Å². The van der Waals surface area contributed by atoms with E-state index in [1.165, 1.54) is 20.5 Å². The Kier molecular flexibility index (Phi) is 3.08. The molecule has 0 aliphatic carbocycles. The average Bonchev–Trinajstić information content (AvgIpc) is 2.59. The van der Waals surface area contributed by atoms with Crippen LogP contribution < -0.4 is 5.32 Å². The number of thiophene rings is 1. The number of benzene rings is 1. The third kappa shape index (κ3) is 2.21. The number of aryl methyl sites for hydroxylation is 1. The SMILES string of the molecule is CNC(C)Cc1cccc2cc(C)sc12. The fourth-order valence-corrected chi connectivity index (χ4v) is 2.88. The van der Waals surface area contributed by atoms with E-state index < -0.39 is 0 Å². The van der Waals surface area contributed by atoms with Crippen LogP contribution in [0.4, 0.5) is 0 Å². The number of likely N-dealkylation sites (N-methyl/N-ethyl adjacent to an activating group) is 1. The van der Waals surface area contributed by atoms with Gasteiger partial charge in [-0.25, -0.2) is 0 Å². The molecule has 1 heterocycles. The highest BCUT2D eigenvalue weighted by Gasteiger charge is 2.06. The maximum Gasteiger partial charge on any atom is 0.0378 e. The number of hydrogen-bond acceptors (Lipinski definition) is 2. The molecular weight excluding hydrogens is 202 g/mol. The van der Waals surface area contributed by atoms with Crippen molar-refractivity contribution in [3.63, 3.8) is 0 Å². The van der Waals surface area contributed by atoms with Gasteiger partial charge in [0.1, 0.15) is 0 Å². The van der Waals surface area contributed by atoms with Crippen LogP contribution in [0.5, 0.6) is 0 Å². The summed E-state index contributed by atoms with van der Waals surface area (Å²) in [5, 5.41) is 4.68. The van der Waals surface area contributed by atoms with E-state index in [0.29, 0.717) is 6.04 Å². The minimum Gasteiger partial charge on any atom is -0.317 e. The molecule has 2 aromatic rings. The van der Waals surface area contributed by atoms with Crippen molar-refractivity contribution in [3.8, 4) is 0 Å². The lowest BCUT2D eigenvalue weighted by molar-refractivity contribution is 0.611. The van der Waals surface area contributed by atoms with Gasteiger partial charge in [-0.1, -0.05) is 18.2 Å². The second-order valence-corrected chi connectivity index (χ2v) is 5.34. The van der Waals surface area contributed by atoms with Crippen LogP contribution in [-0.2, 0) is 6.42 Å². The van der Waals surface area contributed by atoms with E-state index >= 15 is 0 Å². The van der Waals surface area contributed by atoms with Gasteiger partial charge in [0.2, 0.25) is 0 Å². The number of hydrogen-bond donors (Lipinski definition) is 1. The topological polar surface area (TPSA) is 12.0 Å². The maximum absolute atomic E-state index is 3.29. The van der Waals surface area contributed by atoms with Crippen molar-refractivity contribution in [1.29, 1.82) is 0 Å². The van der Waals surface area contributed by atoms with Gasteiger partial charge in [-0.15, -0.1) is 11.3 Å². The monoisotopic (exact) mass is 219 g/mol. The molecule has 0 fully saturated rings. The predicted octanol–water partition coefficient (Wildman–Crippen LogP) is 3.36. The first kappa shape index (κ1) is 10.7. The Morgan fingerprint density at radius 1 is 1.40 bits per heavy atom. The summed E-state index contributed by atoms with van der Waals surface area (Å²) < 4.78 is 1.46. The van der Waals surface area contributed by atoms with Gasteiger partial charge >= 0.3 is 0 Å². The largest absolute Gasteiger partial charge is 0.317 e. The summed E-state index contributed by atoms with van der Waals surface area (Å²) in [6.07, 6.45) is 1.10. The summed E-state index contributed by atoms with van der Waals surface area (Å²) in [6, 6.07) is 9.41. The van der Waals surface area contributed by atoms with Crippen LogP contribution in [0.1, 0.15) is 17.4 Å². The molecule has 0 radical (unpaired) electrons. The zero-order chi connectivity index (χ0) is 10.8. The Hall–Kier alpha value is -0.860. The van der Waals surface area contributed by atoms with Crippen LogP contribution in [0.2, 0.25) is 0 Å². The highest BCUT2D eigenvalue weighted by Crippen LogP contribution is 2.28. The van der Waals surface area contributed by atoms with Crippen molar-refractivity contribution in [2.75, 3.05) is 7.05 Å². The third-order valence-corrected chi connectivity index (χ3v) is 3.91.